The zero-order valence-corrected chi connectivity index (χ0v) is 23.8. The molecule has 1 aliphatic rings. The monoisotopic (exact) mass is 566 g/mol. The number of halogens is 1. The van der Waals surface area contributed by atoms with Crippen LogP contribution < -0.4 is 32.2 Å². The minimum Gasteiger partial charge on any atom is -1.00 e. The number of para-hydroxylation sites is 5. The highest BCUT2D eigenvalue weighted by Gasteiger charge is 2.62. The van der Waals surface area contributed by atoms with Gasteiger partial charge in [0.25, 0.3) is 0 Å². The maximum atomic E-state index is 2.44. The number of rotatable bonds is 6. The van der Waals surface area contributed by atoms with Crippen LogP contribution in [0.5, 0.6) is 0 Å². The van der Waals surface area contributed by atoms with Gasteiger partial charge in [-0.2, -0.15) is 0 Å². The summed E-state index contributed by atoms with van der Waals surface area (Å²) < 4.78 is 0.388. The second-order valence-electron chi connectivity index (χ2n) is 10.1. The van der Waals surface area contributed by atoms with Crippen molar-refractivity contribution in [2.75, 3.05) is 15.2 Å². The first-order valence-corrected chi connectivity index (χ1v) is 14.0. The number of hydrazine groups is 2. The second-order valence-corrected chi connectivity index (χ2v) is 10.1. The Bertz CT molecular complexity index is 1560. The Labute approximate surface area is 253 Å². The topological polar surface area (TPSA) is 9.72 Å². The van der Waals surface area contributed by atoms with Gasteiger partial charge in [0, 0.05) is 29.8 Å². The Kier molecular flexibility index (Phi) is 7.65. The van der Waals surface area contributed by atoms with E-state index in [2.05, 4.69) is 197 Å². The molecule has 206 valence electrons. The van der Waals surface area contributed by atoms with E-state index in [1.165, 1.54) is 5.56 Å². The van der Waals surface area contributed by atoms with Crippen molar-refractivity contribution in [1.82, 2.24) is 4.59 Å². The smallest absolute Gasteiger partial charge is 0.244 e. The molecule has 1 fully saturated rings. The van der Waals surface area contributed by atoms with E-state index in [1.54, 1.807) is 0 Å². The molecule has 1 heterocycles. The van der Waals surface area contributed by atoms with Crippen molar-refractivity contribution < 1.29 is 12.4 Å². The molecule has 0 aliphatic carbocycles. The maximum Gasteiger partial charge on any atom is 0.244 e. The second kappa shape index (κ2) is 11.8. The molecule has 0 amide bonds. The summed E-state index contributed by atoms with van der Waals surface area (Å²) >= 11 is 0. The highest BCUT2D eigenvalue weighted by molar-refractivity contribution is 5.78. The van der Waals surface area contributed by atoms with Gasteiger partial charge in [-0.25, -0.2) is 5.01 Å². The largest absolute Gasteiger partial charge is 1.00 e. The van der Waals surface area contributed by atoms with Gasteiger partial charge in [-0.05, 0) is 36.4 Å². The van der Waals surface area contributed by atoms with Gasteiger partial charge in [-0.3, -0.25) is 0 Å². The SMILES string of the molecule is [Cl-].c1ccc(C2N(c3ccccc3)N(c3ccccc3)N(c3ccccc3)[N+]2(c2ccccc2)c2ccccc2)cc1. The molecule has 0 N–H and O–H groups in total. The van der Waals surface area contributed by atoms with Crippen LogP contribution >= 0.6 is 0 Å². The van der Waals surface area contributed by atoms with E-state index in [9.17, 15) is 0 Å². The Balaban J connectivity index is 0.00000316. The van der Waals surface area contributed by atoms with E-state index in [0.717, 1.165) is 28.4 Å². The van der Waals surface area contributed by atoms with Gasteiger partial charge in [0.2, 0.25) is 6.17 Å². The van der Waals surface area contributed by atoms with E-state index in [-0.39, 0.29) is 18.6 Å². The predicted octanol–water partition coefficient (Wildman–Crippen LogP) is 6.31. The lowest BCUT2D eigenvalue weighted by molar-refractivity contribution is -0.00000779. The highest BCUT2D eigenvalue weighted by atomic mass is 35.5. The molecule has 42 heavy (non-hydrogen) atoms. The first-order valence-electron chi connectivity index (χ1n) is 14.0. The molecule has 0 radical (unpaired) electrons. The predicted molar refractivity (Wildman–Crippen MR) is 170 cm³/mol. The highest BCUT2D eigenvalue weighted by Crippen LogP contribution is 2.56. The van der Waals surface area contributed by atoms with Crippen LogP contribution in [0.3, 0.4) is 0 Å². The average molecular weight is 567 g/mol. The van der Waals surface area contributed by atoms with Crippen LogP contribution in [0.25, 0.3) is 0 Å². The molecule has 1 unspecified atom stereocenters. The molecular formula is C37H31ClN4. The Morgan fingerprint density at radius 2 is 0.738 bits per heavy atom. The van der Waals surface area contributed by atoms with Crippen molar-refractivity contribution in [2.45, 2.75) is 6.17 Å². The van der Waals surface area contributed by atoms with E-state index in [1.807, 2.05) is 0 Å². The van der Waals surface area contributed by atoms with Gasteiger partial charge in [0.05, 0.1) is 11.4 Å². The number of nitrogens with zero attached hydrogens (tertiary/aromatic N) is 4. The fourth-order valence-electron chi connectivity index (χ4n) is 6.01. The molecule has 4 nitrogen and oxygen atoms in total. The number of hydrogen-bond donors (Lipinski definition) is 0. The summed E-state index contributed by atoms with van der Waals surface area (Å²) in [5.74, 6) is 0. The van der Waals surface area contributed by atoms with Crippen molar-refractivity contribution in [3.05, 3.63) is 188 Å². The minimum atomic E-state index is -0.191. The number of hydrogen-bond acceptors (Lipinski definition) is 3. The van der Waals surface area contributed by atoms with E-state index >= 15 is 0 Å². The molecule has 0 aromatic heterocycles. The molecule has 6 aromatic rings. The van der Waals surface area contributed by atoms with Crippen molar-refractivity contribution in [2.24, 2.45) is 0 Å². The van der Waals surface area contributed by atoms with Crippen LogP contribution in [0.4, 0.5) is 28.4 Å². The summed E-state index contributed by atoms with van der Waals surface area (Å²) in [6.07, 6.45) is -0.191. The standard InChI is InChI=1S/C37H31N4.ClH/c1-7-19-31(20-8-1)37-38(32-21-9-2-10-22-32)39(33-23-11-3-12-24-33)40(34-25-13-4-14-26-34)41(37,35-27-15-5-16-28-35)36-29-17-6-18-30-36;/h1-30,37H;1H/q+1;/p-1. The van der Waals surface area contributed by atoms with Gasteiger partial charge < -0.3 is 12.4 Å². The van der Waals surface area contributed by atoms with Crippen LogP contribution in [0, 0.1) is 0 Å². The molecule has 1 aliphatic heterocycles. The van der Waals surface area contributed by atoms with Gasteiger partial charge in [0.1, 0.15) is 5.69 Å². The lowest BCUT2D eigenvalue weighted by Crippen LogP contribution is -3.00. The van der Waals surface area contributed by atoms with Gasteiger partial charge in [0.15, 0.2) is 11.4 Å². The zero-order chi connectivity index (χ0) is 27.5. The summed E-state index contributed by atoms with van der Waals surface area (Å²) in [7, 11) is 0. The molecule has 0 spiro atoms. The quantitative estimate of drug-likeness (QED) is 0.219. The van der Waals surface area contributed by atoms with Gasteiger partial charge >= 0.3 is 0 Å². The molecule has 1 saturated heterocycles. The lowest BCUT2D eigenvalue weighted by Gasteiger charge is -2.42. The third-order valence-corrected chi connectivity index (χ3v) is 7.66. The number of quaternary nitrogens is 1. The first-order chi connectivity index (χ1) is 20.4. The molecule has 5 heteroatoms. The number of anilines is 3. The number of benzene rings is 6. The summed E-state index contributed by atoms with van der Waals surface area (Å²) in [4.78, 5) is 0. The first kappa shape index (κ1) is 27.2. The molecule has 0 saturated carbocycles. The molecule has 1 atom stereocenters. The molecule has 0 bridgehead atoms. The van der Waals surface area contributed by atoms with Crippen molar-refractivity contribution in [3.63, 3.8) is 0 Å². The van der Waals surface area contributed by atoms with Crippen molar-refractivity contribution in [1.29, 1.82) is 0 Å². The fourth-order valence-corrected chi connectivity index (χ4v) is 6.01. The summed E-state index contributed by atoms with van der Waals surface area (Å²) in [6.45, 7) is 0. The zero-order valence-electron chi connectivity index (χ0n) is 23.1. The summed E-state index contributed by atoms with van der Waals surface area (Å²) in [5, 5.41) is 7.23. The van der Waals surface area contributed by atoms with Crippen LogP contribution in [-0.2, 0) is 0 Å². The van der Waals surface area contributed by atoms with E-state index in [4.69, 9.17) is 0 Å². The van der Waals surface area contributed by atoms with E-state index < -0.39 is 0 Å². The normalized spacial score (nSPS) is 15.7. The Hall–Kier alpha value is -5.03. The summed E-state index contributed by atoms with van der Waals surface area (Å²) in [6, 6.07) is 64.7. The third-order valence-electron chi connectivity index (χ3n) is 7.66. The molecular weight excluding hydrogens is 536 g/mol. The van der Waals surface area contributed by atoms with Crippen LogP contribution in [0.15, 0.2) is 182 Å². The van der Waals surface area contributed by atoms with Crippen LogP contribution in [-0.4, -0.2) is 0 Å². The van der Waals surface area contributed by atoms with Crippen LogP contribution in [0.1, 0.15) is 11.7 Å². The minimum absolute atomic E-state index is 0. The van der Waals surface area contributed by atoms with E-state index in [0.29, 0.717) is 4.59 Å². The van der Waals surface area contributed by atoms with Crippen molar-refractivity contribution in [3.8, 4) is 0 Å². The Morgan fingerprint density at radius 3 is 1.19 bits per heavy atom. The third kappa shape index (κ3) is 4.47. The average Bonchev–Trinajstić information content (AvgIpc) is 3.40. The molecule has 6 aromatic carbocycles. The van der Waals surface area contributed by atoms with Gasteiger partial charge in [-0.1, -0.05) is 126 Å². The Morgan fingerprint density at radius 1 is 0.381 bits per heavy atom. The fraction of sp³-hybridized carbons (Fsp3) is 0.0270. The van der Waals surface area contributed by atoms with Crippen LogP contribution in [0.2, 0.25) is 0 Å². The lowest BCUT2D eigenvalue weighted by atomic mass is 10.1. The summed E-state index contributed by atoms with van der Waals surface area (Å²) in [5.41, 5.74) is 6.73. The van der Waals surface area contributed by atoms with Crippen molar-refractivity contribution >= 4 is 28.4 Å². The van der Waals surface area contributed by atoms with Gasteiger partial charge in [-0.15, -0.1) is 9.71 Å². The maximum absolute atomic E-state index is 2.44. The molecule has 7 rings (SSSR count).